The minimum Gasteiger partial charge on any atom is -0.478 e. The summed E-state index contributed by atoms with van der Waals surface area (Å²) in [6.45, 7) is 2.80. The van der Waals surface area contributed by atoms with Crippen molar-refractivity contribution in [3.63, 3.8) is 0 Å². The number of aromatic carboxylic acids is 1. The minimum absolute atomic E-state index is 0.174. The third-order valence-corrected chi connectivity index (χ3v) is 2.22. The van der Waals surface area contributed by atoms with Crippen LogP contribution in [0, 0.1) is 0 Å². The van der Waals surface area contributed by atoms with Crippen LogP contribution in [0.1, 0.15) is 24.2 Å². The number of amides is 1. The molecule has 19 heavy (non-hydrogen) atoms. The minimum atomic E-state index is -5.02. The second kappa shape index (κ2) is 5.25. The summed E-state index contributed by atoms with van der Waals surface area (Å²) in [4.78, 5) is 25.9. The standard InChI is InChI=1S/C11H11F3N2O3/c1-6(2)16(10(19)11(12,13)14)8-4-3-7(5-15-8)9(17)18/h3-6H,1-2H3,(H,17,18). The van der Waals surface area contributed by atoms with Gasteiger partial charge in [-0.3, -0.25) is 9.69 Å². The molecule has 0 aliphatic rings. The summed E-state index contributed by atoms with van der Waals surface area (Å²) in [5, 5.41) is 8.66. The van der Waals surface area contributed by atoms with E-state index in [1.165, 1.54) is 13.8 Å². The molecule has 0 saturated carbocycles. The van der Waals surface area contributed by atoms with Crippen molar-refractivity contribution in [1.29, 1.82) is 0 Å². The van der Waals surface area contributed by atoms with Gasteiger partial charge in [-0.2, -0.15) is 13.2 Å². The first-order valence-corrected chi connectivity index (χ1v) is 5.24. The van der Waals surface area contributed by atoms with Gasteiger partial charge >= 0.3 is 18.1 Å². The summed E-state index contributed by atoms with van der Waals surface area (Å²) in [6.07, 6.45) is -4.12. The Kier molecular flexibility index (Phi) is 4.13. The van der Waals surface area contributed by atoms with Crippen LogP contribution in [0.5, 0.6) is 0 Å². The van der Waals surface area contributed by atoms with Crippen molar-refractivity contribution in [1.82, 2.24) is 4.98 Å². The van der Waals surface area contributed by atoms with Gasteiger partial charge in [-0.25, -0.2) is 9.78 Å². The highest BCUT2D eigenvalue weighted by Crippen LogP contribution is 2.24. The molecular weight excluding hydrogens is 265 g/mol. The Hall–Kier alpha value is -2.12. The van der Waals surface area contributed by atoms with Crippen LogP contribution in [0.2, 0.25) is 0 Å². The third-order valence-electron chi connectivity index (χ3n) is 2.22. The van der Waals surface area contributed by atoms with Gasteiger partial charge in [0, 0.05) is 12.2 Å². The largest absolute Gasteiger partial charge is 0.478 e. The Bertz CT molecular complexity index is 483. The number of nitrogens with zero attached hydrogens (tertiary/aromatic N) is 2. The van der Waals surface area contributed by atoms with E-state index in [9.17, 15) is 22.8 Å². The molecule has 104 valence electrons. The quantitative estimate of drug-likeness (QED) is 0.917. The first-order chi connectivity index (χ1) is 8.64. The van der Waals surface area contributed by atoms with Crippen molar-refractivity contribution in [2.45, 2.75) is 26.1 Å². The molecule has 1 aromatic heterocycles. The van der Waals surface area contributed by atoms with E-state index >= 15 is 0 Å². The Balaban J connectivity index is 3.14. The number of anilines is 1. The molecule has 0 fully saturated rings. The van der Waals surface area contributed by atoms with Crippen molar-refractivity contribution in [3.8, 4) is 0 Å². The lowest BCUT2D eigenvalue weighted by Crippen LogP contribution is -2.45. The molecule has 0 unspecified atom stereocenters. The van der Waals surface area contributed by atoms with Crippen LogP contribution in [-0.4, -0.2) is 34.2 Å². The van der Waals surface area contributed by atoms with Gasteiger partial charge in [-0.15, -0.1) is 0 Å². The molecule has 0 atom stereocenters. The number of rotatable bonds is 3. The van der Waals surface area contributed by atoms with E-state index < -0.39 is 24.1 Å². The molecule has 0 aromatic carbocycles. The van der Waals surface area contributed by atoms with Crippen LogP contribution in [-0.2, 0) is 4.79 Å². The van der Waals surface area contributed by atoms with Crippen LogP contribution in [0.25, 0.3) is 0 Å². The SMILES string of the molecule is CC(C)N(C(=O)C(F)(F)F)c1ccc(C(=O)O)cn1. The maximum atomic E-state index is 12.4. The van der Waals surface area contributed by atoms with E-state index in [1.807, 2.05) is 0 Å². The van der Waals surface area contributed by atoms with E-state index in [-0.39, 0.29) is 11.4 Å². The highest BCUT2D eigenvalue weighted by molar-refractivity contribution is 5.97. The molecule has 0 aliphatic carbocycles. The van der Waals surface area contributed by atoms with Gasteiger partial charge in [-0.05, 0) is 26.0 Å². The number of halogens is 3. The van der Waals surface area contributed by atoms with Crippen molar-refractivity contribution >= 4 is 17.7 Å². The smallest absolute Gasteiger partial charge is 0.471 e. The number of carboxylic acids is 1. The summed E-state index contributed by atoms with van der Waals surface area (Å²) >= 11 is 0. The second-order valence-corrected chi connectivity index (χ2v) is 3.98. The Morgan fingerprint density at radius 1 is 1.32 bits per heavy atom. The highest BCUT2D eigenvalue weighted by Gasteiger charge is 2.44. The van der Waals surface area contributed by atoms with E-state index in [0.29, 0.717) is 4.90 Å². The average molecular weight is 276 g/mol. The molecule has 0 aliphatic heterocycles. The number of carbonyl (C=O) groups is 2. The van der Waals surface area contributed by atoms with Gasteiger partial charge in [0.25, 0.3) is 0 Å². The molecule has 0 spiro atoms. The molecule has 0 radical (unpaired) electrons. The monoisotopic (exact) mass is 276 g/mol. The molecule has 0 saturated heterocycles. The lowest BCUT2D eigenvalue weighted by molar-refractivity contribution is -0.170. The van der Waals surface area contributed by atoms with E-state index in [0.717, 1.165) is 18.3 Å². The van der Waals surface area contributed by atoms with Gasteiger partial charge < -0.3 is 5.11 Å². The lowest BCUT2D eigenvalue weighted by atomic mass is 10.2. The molecular formula is C11H11F3N2O3. The lowest BCUT2D eigenvalue weighted by Gasteiger charge is -2.26. The van der Waals surface area contributed by atoms with Gasteiger partial charge in [0.05, 0.1) is 5.56 Å². The maximum absolute atomic E-state index is 12.4. The summed E-state index contributed by atoms with van der Waals surface area (Å²) in [6, 6.07) is 1.38. The second-order valence-electron chi connectivity index (χ2n) is 3.98. The number of carboxylic acid groups (broad SMARTS) is 1. The first-order valence-electron chi connectivity index (χ1n) is 5.24. The average Bonchev–Trinajstić information content (AvgIpc) is 2.28. The van der Waals surface area contributed by atoms with Crippen molar-refractivity contribution in [3.05, 3.63) is 23.9 Å². The van der Waals surface area contributed by atoms with Gasteiger partial charge in [0.1, 0.15) is 5.82 Å². The maximum Gasteiger partial charge on any atom is 0.471 e. The number of pyridine rings is 1. The molecule has 5 nitrogen and oxygen atoms in total. The van der Waals surface area contributed by atoms with Crippen LogP contribution >= 0.6 is 0 Å². The van der Waals surface area contributed by atoms with E-state index in [1.54, 1.807) is 0 Å². The summed E-state index contributed by atoms with van der Waals surface area (Å²) < 4.78 is 37.3. The zero-order valence-electron chi connectivity index (χ0n) is 10.1. The van der Waals surface area contributed by atoms with Crippen LogP contribution in [0.3, 0.4) is 0 Å². The third kappa shape index (κ3) is 3.43. The zero-order chi connectivity index (χ0) is 14.8. The first kappa shape index (κ1) is 14.9. The van der Waals surface area contributed by atoms with Crippen LogP contribution < -0.4 is 4.90 Å². The molecule has 1 rings (SSSR count). The molecule has 1 N–H and O–H groups in total. The number of aromatic nitrogens is 1. The van der Waals surface area contributed by atoms with E-state index in [2.05, 4.69) is 4.98 Å². The van der Waals surface area contributed by atoms with E-state index in [4.69, 9.17) is 5.11 Å². The molecule has 0 bridgehead atoms. The number of hydrogen-bond acceptors (Lipinski definition) is 3. The van der Waals surface area contributed by atoms with Gasteiger partial charge in [0.15, 0.2) is 0 Å². The van der Waals surface area contributed by atoms with Gasteiger partial charge in [-0.1, -0.05) is 0 Å². The molecule has 1 amide bonds. The fourth-order valence-electron chi connectivity index (χ4n) is 1.39. The van der Waals surface area contributed by atoms with Crippen LogP contribution in [0.15, 0.2) is 18.3 Å². The summed E-state index contributed by atoms with van der Waals surface area (Å²) in [5.41, 5.74) is -0.174. The summed E-state index contributed by atoms with van der Waals surface area (Å²) in [7, 11) is 0. The van der Waals surface area contributed by atoms with Crippen molar-refractivity contribution < 1.29 is 27.9 Å². The van der Waals surface area contributed by atoms with Crippen molar-refractivity contribution in [2.75, 3.05) is 4.90 Å². The number of alkyl halides is 3. The Morgan fingerprint density at radius 2 is 1.89 bits per heavy atom. The molecule has 8 heteroatoms. The zero-order valence-corrected chi connectivity index (χ0v) is 10.1. The van der Waals surface area contributed by atoms with Crippen molar-refractivity contribution in [2.24, 2.45) is 0 Å². The predicted molar refractivity (Wildman–Crippen MR) is 59.9 cm³/mol. The van der Waals surface area contributed by atoms with Gasteiger partial charge in [0.2, 0.25) is 0 Å². The Labute approximate surface area is 106 Å². The fraction of sp³-hybridized carbons (Fsp3) is 0.364. The number of carbonyl (C=O) groups excluding carboxylic acids is 1. The number of hydrogen-bond donors (Lipinski definition) is 1. The molecule has 1 heterocycles. The topological polar surface area (TPSA) is 70.5 Å². The van der Waals surface area contributed by atoms with Crippen LogP contribution in [0.4, 0.5) is 19.0 Å². The molecule has 1 aromatic rings. The summed E-state index contributed by atoms with van der Waals surface area (Å²) in [5.74, 6) is -3.54. The predicted octanol–water partition coefficient (Wildman–Crippen LogP) is 2.08. The highest BCUT2D eigenvalue weighted by atomic mass is 19.4. The Morgan fingerprint density at radius 3 is 2.21 bits per heavy atom. The fourth-order valence-corrected chi connectivity index (χ4v) is 1.39. The normalized spacial score (nSPS) is 11.5.